The van der Waals surface area contributed by atoms with E-state index >= 15 is 0 Å². The Morgan fingerprint density at radius 2 is 2.13 bits per heavy atom. The summed E-state index contributed by atoms with van der Waals surface area (Å²) in [4.78, 5) is 0. The highest BCUT2D eigenvalue weighted by Crippen LogP contribution is 2.23. The third kappa shape index (κ3) is 3.47. The summed E-state index contributed by atoms with van der Waals surface area (Å²) in [6, 6.07) is 6.16. The van der Waals surface area contributed by atoms with Gasteiger partial charge in [0.2, 0.25) is 0 Å². The van der Waals surface area contributed by atoms with Crippen molar-refractivity contribution in [1.29, 1.82) is 0 Å². The van der Waals surface area contributed by atoms with Crippen molar-refractivity contribution in [2.24, 2.45) is 0 Å². The SMILES string of the molecule is CCCOc1cccc(C(O)C(F)F)c1. The van der Waals surface area contributed by atoms with Gasteiger partial charge < -0.3 is 9.84 Å². The van der Waals surface area contributed by atoms with Gasteiger partial charge in [0.05, 0.1) is 6.61 Å². The number of rotatable bonds is 5. The number of aliphatic hydroxyl groups is 1. The van der Waals surface area contributed by atoms with Gasteiger partial charge in [0, 0.05) is 0 Å². The first-order valence-electron chi connectivity index (χ1n) is 4.84. The molecule has 0 bridgehead atoms. The molecule has 0 heterocycles. The molecule has 1 atom stereocenters. The highest BCUT2D eigenvalue weighted by molar-refractivity contribution is 5.30. The van der Waals surface area contributed by atoms with Gasteiger partial charge in [-0.1, -0.05) is 19.1 Å². The van der Waals surface area contributed by atoms with Crippen molar-refractivity contribution < 1.29 is 18.6 Å². The normalized spacial score (nSPS) is 12.9. The Labute approximate surface area is 87.5 Å². The van der Waals surface area contributed by atoms with Crippen LogP contribution in [-0.2, 0) is 0 Å². The molecule has 2 nitrogen and oxygen atoms in total. The van der Waals surface area contributed by atoms with Crippen molar-refractivity contribution in [3.05, 3.63) is 29.8 Å². The van der Waals surface area contributed by atoms with E-state index in [2.05, 4.69) is 0 Å². The second-order valence-corrected chi connectivity index (χ2v) is 3.20. The molecule has 0 saturated carbocycles. The first-order chi connectivity index (χ1) is 7.15. The van der Waals surface area contributed by atoms with Crippen molar-refractivity contribution in [2.45, 2.75) is 25.9 Å². The number of benzene rings is 1. The zero-order valence-corrected chi connectivity index (χ0v) is 8.49. The largest absolute Gasteiger partial charge is 0.494 e. The fourth-order valence-corrected chi connectivity index (χ4v) is 1.15. The minimum absolute atomic E-state index is 0.179. The van der Waals surface area contributed by atoms with Crippen LogP contribution in [-0.4, -0.2) is 18.1 Å². The Morgan fingerprint density at radius 3 is 2.73 bits per heavy atom. The van der Waals surface area contributed by atoms with Gasteiger partial charge in [-0.05, 0) is 24.1 Å². The van der Waals surface area contributed by atoms with Crippen LogP contribution in [0.1, 0.15) is 25.0 Å². The topological polar surface area (TPSA) is 29.5 Å². The summed E-state index contributed by atoms with van der Waals surface area (Å²) in [6.45, 7) is 2.49. The molecule has 1 aromatic carbocycles. The molecule has 1 N–H and O–H groups in total. The molecule has 1 aromatic rings. The highest BCUT2D eigenvalue weighted by atomic mass is 19.3. The van der Waals surface area contributed by atoms with Crippen LogP contribution in [0.4, 0.5) is 8.78 Å². The number of halogens is 2. The predicted octanol–water partition coefficient (Wildman–Crippen LogP) is 2.77. The average molecular weight is 216 g/mol. The molecule has 0 radical (unpaired) electrons. The molecule has 4 heteroatoms. The lowest BCUT2D eigenvalue weighted by molar-refractivity contribution is -0.00588. The van der Waals surface area contributed by atoms with E-state index in [9.17, 15) is 8.78 Å². The first-order valence-corrected chi connectivity index (χ1v) is 4.84. The molecule has 0 aliphatic rings. The predicted molar refractivity (Wildman–Crippen MR) is 53.2 cm³/mol. The monoisotopic (exact) mass is 216 g/mol. The molecule has 15 heavy (non-hydrogen) atoms. The van der Waals surface area contributed by atoms with Gasteiger partial charge in [-0.2, -0.15) is 0 Å². The summed E-state index contributed by atoms with van der Waals surface area (Å²) in [6.07, 6.45) is -3.66. The van der Waals surface area contributed by atoms with Crippen LogP contribution in [0.15, 0.2) is 24.3 Å². The lowest BCUT2D eigenvalue weighted by Crippen LogP contribution is -2.08. The van der Waals surface area contributed by atoms with Gasteiger partial charge in [0.25, 0.3) is 6.43 Å². The third-order valence-electron chi connectivity index (χ3n) is 1.91. The van der Waals surface area contributed by atoms with Crippen molar-refractivity contribution in [2.75, 3.05) is 6.61 Å². The molecule has 0 saturated heterocycles. The first kappa shape index (κ1) is 11.9. The second-order valence-electron chi connectivity index (χ2n) is 3.20. The number of ether oxygens (including phenoxy) is 1. The third-order valence-corrected chi connectivity index (χ3v) is 1.91. The summed E-state index contributed by atoms with van der Waals surface area (Å²) in [7, 11) is 0. The molecule has 84 valence electrons. The van der Waals surface area contributed by atoms with Crippen LogP contribution in [0, 0.1) is 0 Å². The molecule has 0 fully saturated rings. The van der Waals surface area contributed by atoms with Crippen LogP contribution in [0.25, 0.3) is 0 Å². The van der Waals surface area contributed by atoms with Crippen molar-refractivity contribution >= 4 is 0 Å². The van der Waals surface area contributed by atoms with Gasteiger partial charge in [0.15, 0.2) is 0 Å². The minimum atomic E-state index is -2.77. The molecule has 1 unspecified atom stereocenters. The molecular formula is C11H14F2O2. The zero-order chi connectivity index (χ0) is 11.3. The Kier molecular flexibility index (Phi) is 4.49. The van der Waals surface area contributed by atoms with Gasteiger partial charge in [-0.3, -0.25) is 0 Å². The summed E-state index contributed by atoms with van der Waals surface area (Å²) < 4.78 is 29.7. The molecule has 0 aliphatic heterocycles. The molecule has 0 spiro atoms. The maximum Gasteiger partial charge on any atom is 0.268 e. The smallest absolute Gasteiger partial charge is 0.268 e. The van der Waals surface area contributed by atoms with Crippen molar-refractivity contribution in [1.82, 2.24) is 0 Å². The fourth-order valence-electron chi connectivity index (χ4n) is 1.15. The summed E-state index contributed by atoms with van der Waals surface area (Å²) in [5, 5.41) is 9.14. The van der Waals surface area contributed by atoms with Crippen molar-refractivity contribution in [3.63, 3.8) is 0 Å². The second kappa shape index (κ2) is 5.66. The summed E-state index contributed by atoms with van der Waals surface area (Å²) in [5.41, 5.74) is 0.179. The number of aliphatic hydroxyl groups excluding tert-OH is 1. The van der Waals surface area contributed by atoms with Crippen molar-refractivity contribution in [3.8, 4) is 5.75 Å². The fraction of sp³-hybridized carbons (Fsp3) is 0.455. The van der Waals surface area contributed by atoms with Crippen LogP contribution in [0.5, 0.6) is 5.75 Å². The van der Waals surface area contributed by atoms with Crippen LogP contribution < -0.4 is 4.74 Å². The number of alkyl halides is 2. The highest BCUT2D eigenvalue weighted by Gasteiger charge is 2.19. The van der Waals surface area contributed by atoms with E-state index in [4.69, 9.17) is 9.84 Å². The van der Waals surface area contributed by atoms with E-state index in [-0.39, 0.29) is 5.56 Å². The van der Waals surface area contributed by atoms with E-state index < -0.39 is 12.5 Å². The Bertz CT molecular complexity index is 302. The van der Waals surface area contributed by atoms with E-state index in [1.54, 1.807) is 12.1 Å². The van der Waals surface area contributed by atoms with Crippen LogP contribution in [0.3, 0.4) is 0 Å². The molecule has 0 aliphatic carbocycles. The minimum Gasteiger partial charge on any atom is -0.494 e. The molecule has 1 rings (SSSR count). The maximum absolute atomic E-state index is 12.2. The van der Waals surface area contributed by atoms with Crippen LogP contribution >= 0.6 is 0 Å². The van der Waals surface area contributed by atoms with Gasteiger partial charge in [-0.15, -0.1) is 0 Å². The van der Waals surface area contributed by atoms with E-state index in [0.29, 0.717) is 12.4 Å². The van der Waals surface area contributed by atoms with Gasteiger partial charge in [0.1, 0.15) is 11.9 Å². The summed E-state index contributed by atoms with van der Waals surface area (Å²) in [5.74, 6) is 0.508. The lowest BCUT2D eigenvalue weighted by Gasteiger charge is -2.11. The molecule has 0 aromatic heterocycles. The van der Waals surface area contributed by atoms with E-state index in [0.717, 1.165) is 6.42 Å². The van der Waals surface area contributed by atoms with Gasteiger partial charge >= 0.3 is 0 Å². The zero-order valence-electron chi connectivity index (χ0n) is 8.49. The lowest BCUT2D eigenvalue weighted by atomic mass is 10.1. The van der Waals surface area contributed by atoms with E-state index in [1.807, 2.05) is 6.92 Å². The van der Waals surface area contributed by atoms with Gasteiger partial charge in [-0.25, -0.2) is 8.78 Å². The molecule has 0 amide bonds. The molecular weight excluding hydrogens is 202 g/mol. The van der Waals surface area contributed by atoms with E-state index in [1.165, 1.54) is 12.1 Å². The summed E-state index contributed by atoms with van der Waals surface area (Å²) >= 11 is 0. The quantitative estimate of drug-likeness (QED) is 0.820. The number of hydrogen-bond donors (Lipinski definition) is 1. The standard InChI is InChI=1S/C11H14F2O2/c1-2-6-15-9-5-3-4-8(7-9)10(14)11(12)13/h3-5,7,10-11,14H,2,6H2,1H3. The average Bonchev–Trinajstić information content (AvgIpc) is 2.25. The Hall–Kier alpha value is -1.16. The Morgan fingerprint density at radius 1 is 1.40 bits per heavy atom. The Balaban J connectivity index is 2.73. The number of hydrogen-bond acceptors (Lipinski definition) is 2. The van der Waals surface area contributed by atoms with Crippen LogP contribution in [0.2, 0.25) is 0 Å². The maximum atomic E-state index is 12.2.